The standard InChI is InChI=1S/C19H24N4O2/c1-13-11-14(22-18(21-13)23(2)3)12-20-17(24)19(9-10-19)15-7-5-6-8-16(15)25-4/h5-8,11H,9-10,12H2,1-4H3,(H,20,24). The van der Waals surface area contributed by atoms with Gasteiger partial charge in [0.15, 0.2) is 0 Å². The highest BCUT2D eigenvalue weighted by atomic mass is 16.5. The molecule has 0 bridgehead atoms. The lowest BCUT2D eigenvalue weighted by atomic mass is 9.94. The van der Waals surface area contributed by atoms with E-state index in [1.807, 2.05) is 56.3 Å². The predicted octanol–water partition coefficient (Wildman–Crippen LogP) is 2.21. The third kappa shape index (κ3) is 3.43. The Morgan fingerprint density at radius 1 is 1.28 bits per heavy atom. The van der Waals surface area contributed by atoms with E-state index in [0.717, 1.165) is 35.5 Å². The summed E-state index contributed by atoms with van der Waals surface area (Å²) in [7, 11) is 5.44. The minimum Gasteiger partial charge on any atom is -0.496 e. The second-order valence-electron chi connectivity index (χ2n) is 6.66. The lowest BCUT2D eigenvalue weighted by Gasteiger charge is -2.19. The summed E-state index contributed by atoms with van der Waals surface area (Å²) in [4.78, 5) is 23.6. The molecule has 0 spiro atoms. The number of aromatic nitrogens is 2. The molecular weight excluding hydrogens is 316 g/mol. The Kier molecular flexibility index (Phi) is 4.61. The van der Waals surface area contributed by atoms with E-state index in [-0.39, 0.29) is 5.91 Å². The SMILES string of the molecule is COc1ccccc1C1(C(=O)NCc2cc(C)nc(N(C)C)n2)CC1. The van der Waals surface area contributed by atoms with Gasteiger partial charge in [-0.3, -0.25) is 4.79 Å². The van der Waals surface area contributed by atoms with Gasteiger partial charge < -0.3 is 15.0 Å². The molecule has 2 aromatic rings. The summed E-state index contributed by atoms with van der Waals surface area (Å²) in [6.07, 6.45) is 1.68. The van der Waals surface area contributed by atoms with Crippen molar-refractivity contribution in [3.63, 3.8) is 0 Å². The molecule has 0 atom stereocenters. The van der Waals surface area contributed by atoms with E-state index in [9.17, 15) is 4.79 Å². The number of ether oxygens (including phenoxy) is 1. The van der Waals surface area contributed by atoms with Crippen molar-refractivity contribution in [2.45, 2.75) is 31.7 Å². The first kappa shape index (κ1) is 17.2. The van der Waals surface area contributed by atoms with Gasteiger partial charge in [0.2, 0.25) is 11.9 Å². The maximum absolute atomic E-state index is 12.9. The normalized spacial score (nSPS) is 14.7. The minimum absolute atomic E-state index is 0.0275. The number of nitrogens with zero attached hydrogens (tertiary/aromatic N) is 3. The van der Waals surface area contributed by atoms with Gasteiger partial charge >= 0.3 is 0 Å². The van der Waals surface area contributed by atoms with Crippen LogP contribution in [0.1, 0.15) is 29.8 Å². The average molecular weight is 340 g/mol. The highest BCUT2D eigenvalue weighted by Gasteiger charge is 2.52. The molecule has 132 valence electrons. The van der Waals surface area contributed by atoms with E-state index < -0.39 is 5.41 Å². The van der Waals surface area contributed by atoms with Crippen molar-refractivity contribution in [1.82, 2.24) is 15.3 Å². The van der Waals surface area contributed by atoms with Crippen LogP contribution in [-0.2, 0) is 16.8 Å². The number of aryl methyl sites for hydroxylation is 1. The van der Waals surface area contributed by atoms with Crippen molar-refractivity contribution in [2.75, 3.05) is 26.1 Å². The summed E-state index contributed by atoms with van der Waals surface area (Å²) >= 11 is 0. The third-order valence-corrected chi connectivity index (χ3v) is 4.53. The Morgan fingerprint density at radius 3 is 2.64 bits per heavy atom. The second-order valence-corrected chi connectivity index (χ2v) is 6.66. The number of methoxy groups -OCH3 is 1. The lowest BCUT2D eigenvalue weighted by Crippen LogP contribution is -2.35. The van der Waals surface area contributed by atoms with Gasteiger partial charge in [0, 0.05) is 25.4 Å². The fraction of sp³-hybridized carbons (Fsp3) is 0.421. The van der Waals surface area contributed by atoms with Crippen molar-refractivity contribution < 1.29 is 9.53 Å². The maximum Gasteiger partial charge on any atom is 0.231 e. The van der Waals surface area contributed by atoms with E-state index in [0.29, 0.717) is 12.5 Å². The molecule has 1 aliphatic rings. The third-order valence-electron chi connectivity index (χ3n) is 4.53. The molecule has 6 heteroatoms. The number of rotatable bonds is 6. The van der Waals surface area contributed by atoms with Gasteiger partial charge in [-0.05, 0) is 31.9 Å². The predicted molar refractivity (Wildman–Crippen MR) is 96.8 cm³/mol. The molecule has 1 heterocycles. The summed E-state index contributed by atoms with van der Waals surface area (Å²) in [5.41, 5.74) is 2.18. The number of nitrogens with one attached hydrogen (secondary N) is 1. The molecule has 3 rings (SSSR count). The van der Waals surface area contributed by atoms with Gasteiger partial charge in [0.25, 0.3) is 0 Å². The first-order chi connectivity index (χ1) is 12.0. The maximum atomic E-state index is 12.9. The van der Waals surface area contributed by atoms with Crippen LogP contribution in [0.4, 0.5) is 5.95 Å². The molecule has 1 N–H and O–H groups in total. The number of carbonyl (C=O) groups excluding carboxylic acids is 1. The number of hydrogen-bond donors (Lipinski definition) is 1. The summed E-state index contributed by atoms with van der Waals surface area (Å²) in [6.45, 7) is 2.32. The van der Waals surface area contributed by atoms with Crippen LogP contribution in [0.5, 0.6) is 5.75 Å². The smallest absolute Gasteiger partial charge is 0.231 e. The summed E-state index contributed by atoms with van der Waals surface area (Å²) in [6, 6.07) is 9.64. The van der Waals surface area contributed by atoms with Crippen molar-refractivity contribution in [3.05, 3.63) is 47.3 Å². The number of hydrogen-bond acceptors (Lipinski definition) is 5. The molecular formula is C19H24N4O2. The van der Waals surface area contributed by atoms with Crippen LogP contribution in [0.2, 0.25) is 0 Å². The van der Waals surface area contributed by atoms with Crippen LogP contribution in [0.15, 0.2) is 30.3 Å². The minimum atomic E-state index is -0.473. The molecule has 0 aliphatic heterocycles. The van der Waals surface area contributed by atoms with Crippen LogP contribution >= 0.6 is 0 Å². The van der Waals surface area contributed by atoms with Gasteiger partial charge in [0.05, 0.1) is 24.8 Å². The Morgan fingerprint density at radius 2 is 2.00 bits per heavy atom. The molecule has 1 aromatic carbocycles. The van der Waals surface area contributed by atoms with Crippen LogP contribution in [-0.4, -0.2) is 37.1 Å². The largest absolute Gasteiger partial charge is 0.496 e. The molecule has 1 aliphatic carbocycles. The quantitative estimate of drug-likeness (QED) is 0.873. The number of amides is 1. The first-order valence-electron chi connectivity index (χ1n) is 8.40. The van der Waals surface area contributed by atoms with Crippen LogP contribution in [0.25, 0.3) is 0 Å². The Hall–Kier alpha value is -2.63. The van der Waals surface area contributed by atoms with Gasteiger partial charge in [-0.1, -0.05) is 18.2 Å². The van der Waals surface area contributed by atoms with E-state index in [1.54, 1.807) is 7.11 Å². The molecule has 6 nitrogen and oxygen atoms in total. The lowest BCUT2D eigenvalue weighted by molar-refractivity contribution is -0.123. The fourth-order valence-corrected chi connectivity index (χ4v) is 3.03. The number of carbonyl (C=O) groups is 1. The van der Waals surface area contributed by atoms with Gasteiger partial charge in [0.1, 0.15) is 5.75 Å². The van der Waals surface area contributed by atoms with Crippen LogP contribution in [0, 0.1) is 6.92 Å². The molecule has 25 heavy (non-hydrogen) atoms. The van der Waals surface area contributed by atoms with Crippen molar-refractivity contribution in [3.8, 4) is 5.75 Å². The van der Waals surface area contributed by atoms with Crippen LogP contribution in [0.3, 0.4) is 0 Å². The second kappa shape index (κ2) is 6.70. The van der Waals surface area contributed by atoms with Crippen molar-refractivity contribution in [2.24, 2.45) is 0 Å². The zero-order chi connectivity index (χ0) is 18.0. The molecule has 0 radical (unpaired) electrons. The topological polar surface area (TPSA) is 67.3 Å². The summed E-state index contributed by atoms with van der Waals surface area (Å²) in [5, 5.41) is 3.04. The number of benzene rings is 1. The number of para-hydroxylation sites is 1. The monoisotopic (exact) mass is 340 g/mol. The van der Waals surface area contributed by atoms with Crippen LogP contribution < -0.4 is 15.0 Å². The highest BCUT2D eigenvalue weighted by molar-refractivity contribution is 5.92. The van der Waals surface area contributed by atoms with Crippen molar-refractivity contribution >= 4 is 11.9 Å². The van der Waals surface area contributed by atoms with E-state index in [1.165, 1.54) is 0 Å². The van der Waals surface area contributed by atoms with Crippen molar-refractivity contribution in [1.29, 1.82) is 0 Å². The Bertz CT molecular complexity index is 785. The molecule has 1 saturated carbocycles. The molecule has 0 saturated heterocycles. The van der Waals surface area contributed by atoms with E-state index in [4.69, 9.17) is 4.74 Å². The van der Waals surface area contributed by atoms with E-state index >= 15 is 0 Å². The summed E-state index contributed by atoms with van der Waals surface area (Å²) in [5.74, 6) is 1.44. The zero-order valence-electron chi connectivity index (χ0n) is 15.2. The highest BCUT2D eigenvalue weighted by Crippen LogP contribution is 2.51. The number of anilines is 1. The Labute approximate surface area is 148 Å². The fourth-order valence-electron chi connectivity index (χ4n) is 3.03. The molecule has 1 aromatic heterocycles. The Balaban J connectivity index is 1.75. The first-order valence-corrected chi connectivity index (χ1v) is 8.40. The van der Waals surface area contributed by atoms with E-state index in [2.05, 4.69) is 15.3 Å². The van der Waals surface area contributed by atoms with Gasteiger partial charge in [-0.15, -0.1) is 0 Å². The van der Waals surface area contributed by atoms with Gasteiger partial charge in [-0.25, -0.2) is 9.97 Å². The summed E-state index contributed by atoms with van der Waals surface area (Å²) < 4.78 is 5.44. The zero-order valence-corrected chi connectivity index (χ0v) is 15.2. The van der Waals surface area contributed by atoms with Gasteiger partial charge in [-0.2, -0.15) is 0 Å². The molecule has 0 unspecified atom stereocenters. The molecule has 1 fully saturated rings. The molecule has 1 amide bonds. The average Bonchev–Trinajstić information content (AvgIpc) is 3.41.